The van der Waals surface area contributed by atoms with Gasteiger partial charge in [0, 0.05) is 13.0 Å². The molecule has 0 aromatic heterocycles. The lowest BCUT2D eigenvalue weighted by molar-refractivity contribution is -0.121. The molecule has 2 N–H and O–H groups in total. The second kappa shape index (κ2) is 9.80. The molecule has 0 heterocycles. The standard InChI is InChI=1S/C17H28N2O.ClH/c1-17(2,3)15-9-7-14(8-10-15)11-13-19-16(20)6-5-12-18-4;/h7-10,18H,5-6,11-13H2,1-4H3,(H,19,20);1H. The third-order valence-electron chi connectivity index (χ3n) is 3.39. The van der Waals surface area contributed by atoms with Crippen LogP contribution in [0, 0.1) is 0 Å². The summed E-state index contributed by atoms with van der Waals surface area (Å²) in [5.41, 5.74) is 2.81. The Morgan fingerprint density at radius 1 is 1.10 bits per heavy atom. The van der Waals surface area contributed by atoms with Gasteiger partial charge in [0.25, 0.3) is 0 Å². The summed E-state index contributed by atoms with van der Waals surface area (Å²) >= 11 is 0. The lowest BCUT2D eigenvalue weighted by Gasteiger charge is -2.19. The van der Waals surface area contributed by atoms with Gasteiger partial charge < -0.3 is 10.6 Å². The summed E-state index contributed by atoms with van der Waals surface area (Å²) in [5.74, 6) is 0.145. The minimum absolute atomic E-state index is 0. The smallest absolute Gasteiger partial charge is 0.220 e. The van der Waals surface area contributed by atoms with Crippen LogP contribution in [0.3, 0.4) is 0 Å². The van der Waals surface area contributed by atoms with Crippen LogP contribution < -0.4 is 10.6 Å². The summed E-state index contributed by atoms with van der Waals surface area (Å²) in [6.07, 6.45) is 2.38. The minimum atomic E-state index is 0. The first-order chi connectivity index (χ1) is 9.43. The molecule has 4 heteroatoms. The molecular formula is C17H29ClN2O. The number of nitrogens with one attached hydrogen (secondary N) is 2. The Labute approximate surface area is 135 Å². The van der Waals surface area contributed by atoms with Gasteiger partial charge in [-0.3, -0.25) is 4.79 Å². The van der Waals surface area contributed by atoms with Crippen molar-refractivity contribution < 1.29 is 4.79 Å². The molecule has 21 heavy (non-hydrogen) atoms. The van der Waals surface area contributed by atoms with Gasteiger partial charge >= 0.3 is 0 Å². The zero-order chi connectivity index (χ0) is 15.0. The average molecular weight is 313 g/mol. The maximum Gasteiger partial charge on any atom is 0.220 e. The van der Waals surface area contributed by atoms with E-state index in [0.717, 1.165) is 19.4 Å². The van der Waals surface area contributed by atoms with E-state index in [9.17, 15) is 4.79 Å². The summed E-state index contributed by atoms with van der Waals surface area (Å²) in [6.45, 7) is 8.25. The Morgan fingerprint density at radius 3 is 2.24 bits per heavy atom. The fraction of sp³-hybridized carbons (Fsp3) is 0.588. The molecule has 0 bridgehead atoms. The van der Waals surface area contributed by atoms with E-state index in [1.807, 2.05) is 7.05 Å². The van der Waals surface area contributed by atoms with Gasteiger partial charge in [-0.05, 0) is 43.0 Å². The van der Waals surface area contributed by atoms with Gasteiger partial charge in [0.05, 0.1) is 0 Å². The van der Waals surface area contributed by atoms with Crippen molar-refractivity contribution in [3.8, 4) is 0 Å². The van der Waals surface area contributed by atoms with Crippen molar-refractivity contribution in [3.05, 3.63) is 35.4 Å². The zero-order valence-corrected chi connectivity index (χ0v) is 14.5. The highest BCUT2D eigenvalue weighted by molar-refractivity contribution is 5.85. The quantitative estimate of drug-likeness (QED) is 0.760. The van der Waals surface area contributed by atoms with Crippen molar-refractivity contribution in [2.75, 3.05) is 20.1 Å². The molecule has 0 atom stereocenters. The van der Waals surface area contributed by atoms with Crippen LogP contribution in [-0.2, 0) is 16.6 Å². The highest BCUT2D eigenvalue weighted by Crippen LogP contribution is 2.22. The Morgan fingerprint density at radius 2 is 1.71 bits per heavy atom. The third kappa shape index (κ3) is 8.08. The molecule has 1 amide bonds. The first kappa shape index (κ1) is 19.9. The molecule has 0 aliphatic heterocycles. The number of rotatable bonds is 7. The topological polar surface area (TPSA) is 41.1 Å². The lowest BCUT2D eigenvalue weighted by atomic mass is 9.86. The fourth-order valence-electron chi connectivity index (χ4n) is 2.03. The maximum atomic E-state index is 11.6. The van der Waals surface area contributed by atoms with Crippen LogP contribution in [0.15, 0.2) is 24.3 Å². The Hall–Kier alpha value is -1.06. The van der Waals surface area contributed by atoms with E-state index in [4.69, 9.17) is 0 Å². The van der Waals surface area contributed by atoms with Crippen molar-refractivity contribution >= 4 is 18.3 Å². The first-order valence-electron chi connectivity index (χ1n) is 7.44. The highest BCUT2D eigenvalue weighted by atomic mass is 35.5. The number of benzene rings is 1. The van der Waals surface area contributed by atoms with E-state index in [2.05, 4.69) is 55.7 Å². The number of carbonyl (C=O) groups is 1. The van der Waals surface area contributed by atoms with Crippen LogP contribution in [0.1, 0.15) is 44.7 Å². The van der Waals surface area contributed by atoms with Gasteiger partial charge in [0.15, 0.2) is 0 Å². The summed E-state index contributed by atoms with van der Waals surface area (Å²) in [5, 5.41) is 6.01. The normalized spacial score (nSPS) is 10.9. The second-order valence-electron chi connectivity index (χ2n) is 6.25. The molecule has 1 aromatic rings. The second-order valence-corrected chi connectivity index (χ2v) is 6.25. The van der Waals surface area contributed by atoms with Crippen molar-refractivity contribution in [2.45, 2.75) is 45.4 Å². The Balaban J connectivity index is 0.00000400. The summed E-state index contributed by atoms with van der Waals surface area (Å²) in [6, 6.07) is 8.69. The molecule has 0 fully saturated rings. The van der Waals surface area contributed by atoms with Crippen LogP contribution >= 0.6 is 12.4 Å². The molecule has 0 unspecified atom stereocenters. The Kier molecular flexibility index (Phi) is 9.31. The highest BCUT2D eigenvalue weighted by Gasteiger charge is 2.12. The van der Waals surface area contributed by atoms with Gasteiger partial charge in [-0.1, -0.05) is 45.0 Å². The molecule has 0 aliphatic carbocycles. The van der Waals surface area contributed by atoms with Crippen molar-refractivity contribution in [2.24, 2.45) is 0 Å². The molecule has 0 radical (unpaired) electrons. The van der Waals surface area contributed by atoms with E-state index < -0.39 is 0 Å². The molecule has 0 spiro atoms. The predicted molar refractivity (Wildman–Crippen MR) is 92.3 cm³/mol. The maximum absolute atomic E-state index is 11.6. The van der Waals surface area contributed by atoms with Gasteiger partial charge in [-0.15, -0.1) is 12.4 Å². The largest absolute Gasteiger partial charge is 0.356 e. The van der Waals surface area contributed by atoms with Crippen molar-refractivity contribution in [3.63, 3.8) is 0 Å². The Bertz CT molecular complexity index is 410. The van der Waals surface area contributed by atoms with Crippen molar-refractivity contribution in [1.82, 2.24) is 10.6 Å². The van der Waals surface area contributed by atoms with Crippen LogP contribution in [0.4, 0.5) is 0 Å². The van der Waals surface area contributed by atoms with E-state index in [-0.39, 0.29) is 23.7 Å². The number of hydrogen-bond acceptors (Lipinski definition) is 2. The first-order valence-corrected chi connectivity index (χ1v) is 7.44. The number of carbonyl (C=O) groups excluding carboxylic acids is 1. The SMILES string of the molecule is CNCCCC(=O)NCCc1ccc(C(C)(C)C)cc1.Cl. The van der Waals surface area contributed by atoms with Crippen molar-refractivity contribution in [1.29, 1.82) is 0 Å². The third-order valence-corrected chi connectivity index (χ3v) is 3.39. The molecular weight excluding hydrogens is 284 g/mol. The molecule has 1 aromatic carbocycles. The summed E-state index contributed by atoms with van der Waals surface area (Å²) in [7, 11) is 1.90. The van der Waals surface area contributed by atoms with Crippen LogP contribution in [0.2, 0.25) is 0 Å². The fourth-order valence-corrected chi connectivity index (χ4v) is 2.03. The molecule has 0 saturated heterocycles. The van der Waals surface area contributed by atoms with Crippen LogP contribution in [0.25, 0.3) is 0 Å². The molecule has 1 rings (SSSR count). The minimum Gasteiger partial charge on any atom is -0.356 e. The van der Waals surface area contributed by atoms with E-state index >= 15 is 0 Å². The van der Waals surface area contributed by atoms with Gasteiger partial charge in [0.1, 0.15) is 0 Å². The van der Waals surface area contributed by atoms with Gasteiger partial charge in [-0.25, -0.2) is 0 Å². The zero-order valence-electron chi connectivity index (χ0n) is 13.7. The monoisotopic (exact) mass is 312 g/mol. The van der Waals surface area contributed by atoms with E-state index in [1.54, 1.807) is 0 Å². The molecule has 120 valence electrons. The van der Waals surface area contributed by atoms with Gasteiger partial charge in [0.2, 0.25) is 5.91 Å². The summed E-state index contributed by atoms with van der Waals surface area (Å²) < 4.78 is 0. The van der Waals surface area contributed by atoms with Crippen LogP contribution in [0.5, 0.6) is 0 Å². The molecule has 0 aliphatic rings. The van der Waals surface area contributed by atoms with Crippen LogP contribution in [-0.4, -0.2) is 26.0 Å². The molecule has 3 nitrogen and oxygen atoms in total. The number of hydrogen-bond donors (Lipinski definition) is 2. The van der Waals surface area contributed by atoms with E-state index in [0.29, 0.717) is 13.0 Å². The van der Waals surface area contributed by atoms with E-state index in [1.165, 1.54) is 11.1 Å². The van der Waals surface area contributed by atoms with Gasteiger partial charge in [-0.2, -0.15) is 0 Å². The number of amides is 1. The molecule has 0 saturated carbocycles. The lowest BCUT2D eigenvalue weighted by Crippen LogP contribution is -2.26. The average Bonchev–Trinajstić information content (AvgIpc) is 2.38. The summed E-state index contributed by atoms with van der Waals surface area (Å²) in [4.78, 5) is 11.6. The predicted octanol–water partition coefficient (Wildman–Crippen LogP) is 3.06. The number of halogens is 1.